The monoisotopic (exact) mass is 471 g/mol. The first-order chi connectivity index (χ1) is 15.7. The summed E-state index contributed by atoms with van der Waals surface area (Å²) in [6, 6.07) is 14.0. The molecule has 9 nitrogen and oxygen atoms in total. The molecular weight excluding hydrogens is 442 g/mol. The molecule has 176 valence electrons. The van der Waals surface area contributed by atoms with E-state index in [1.165, 1.54) is 16.4 Å². The summed E-state index contributed by atoms with van der Waals surface area (Å²) in [5.74, 6) is 0. The van der Waals surface area contributed by atoms with Crippen LogP contribution >= 0.6 is 0 Å². The summed E-state index contributed by atoms with van der Waals surface area (Å²) in [6.45, 7) is 8.87. The first-order valence-electron chi connectivity index (χ1n) is 10.8. The maximum Gasteiger partial charge on any atom is 0.293 e. The molecule has 0 saturated heterocycles. The van der Waals surface area contributed by atoms with Crippen molar-refractivity contribution in [1.29, 1.82) is 0 Å². The van der Waals surface area contributed by atoms with E-state index in [0.29, 0.717) is 13.1 Å². The van der Waals surface area contributed by atoms with E-state index in [-0.39, 0.29) is 29.4 Å². The van der Waals surface area contributed by atoms with E-state index < -0.39 is 14.9 Å². The highest BCUT2D eigenvalue weighted by atomic mass is 32.2. The second kappa shape index (κ2) is 10.1. The van der Waals surface area contributed by atoms with E-state index in [4.69, 9.17) is 0 Å². The Labute approximate surface area is 194 Å². The van der Waals surface area contributed by atoms with Gasteiger partial charge < -0.3 is 5.32 Å². The number of sulfonamides is 1. The number of aromatic nitrogens is 2. The molecule has 0 atom stereocenters. The molecule has 1 N–H and O–H groups in total. The second-order valence-corrected chi connectivity index (χ2v) is 9.61. The highest BCUT2D eigenvalue weighted by Gasteiger charge is 2.26. The van der Waals surface area contributed by atoms with Crippen LogP contribution in [0.3, 0.4) is 0 Å². The lowest BCUT2D eigenvalue weighted by atomic mass is 10.1. The molecule has 1 heterocycles. The molecule has 0 unspecified atom stereocenters. The zero-order chi connectivity index (χ0) is 24.2. The Morgan fingerprint density at radius 2 is 1.76 bits per heavy atom. The fourth-order valence-corrected chi connectivity index (χ4v) is 5.25. The van der Waals surface area contributed by atoms with Crippen LogP contribution in [0.25, 0.3) is 0 Å². The average Bonchev–Trinajstić information content (AvgIpc) is 3.05. The highest BCUT2D eigenvalue weighted by molar-refractivity contribution is 7.89. The molecule has 0 aliphatic rings. The van der Waals surface area contributed by atoms with E-state index >= 15 is 0 Å². The largest absolute Gasteiger partial charge is 0.375 e. The van der Waals surface area contributed by atoms with Gasteiger partial charge in [-0.1, -0.05) is 44.2 Å². The zero-order valence-corrected chi connectivity index (χ0v) is 20.1. The van der Waals surface area contributed by atoms with Gasteiger partial charge in [0.1, 0.15) is 5.69 Å². The van der Waals surface area contributed by atoms with Crippen molar-refractivity contribution >= 4 is 21.4 Å². The quantitative estimate of drug-likeness (QED) is 0.352. The van der Waals surface area contributed by atoms with Crippen molar-refractivity contribution in [2.24, 2.45) is 0 Å². The van der Waals surface area contributed by atoms with Crippen molar-refractivity contribution in [2.45, 2.75) is 45.7 Å². The van der Waals surface area contributed by atoms with E-state index in [0.717, 1.165) is 28.6 Å². The van der Waals surface area contributed by atoms with Gasteiger partial charge in [-0.2, -0.15) is 9.40 Å². The number of nitro benzene ring substituents is 1. The molecule has 0 radical (unpaired) electrons. The highest BCUT2D eigenvalue weighted by Crippen LogP contribution is 2.30. The summed E-state index contributed by atoms with van der Waals surface area (Å²) in [4.78, 5) is 11.0. The minimum absolute atomic E-state index is 0.0912. The topological polar surface area (TPSA) is 110 Å². The first-order valence-corrected chi connectivity index (χ1v) is 12.2. The molecule has 0 bridgehead atoms. The Hall–Kier alpha value is -3.24. The van der Waals surface area contributed by atoms with Crippen LogP contribution in [0.5, 0.6) is 0 Å². The van der Waals surface area contributed by atoms with E-state index in [9.17, 15) is 18.5 Å². The number of nitrogens with zero attached hydrogens (tertiary/aromatic N) is 4. The molecular formula is C23H29N5O4S. The van der Waals surface area contributed by atoms with E-state index in [1.807, 2.05) is 48.9 Å². The van der Waals surface area contributed by atoms with Crippen molar-refractivity contribution in [1.82, 2.24) is 14.1 Å². The predicted octanol–water partition coefficient (Wildman–Crippen LogP) is 4.10. The third-order valence-electron chi connectivity index (χ3n) is 5.67. The summed E-state index contributed by atoms with van der Waals surface area (Å²) in [6.07, 6.45) is 0. The van der Waals surface area contributed by atoms with Gasteiger partial charge in [0.2, 0.25) is 10.0 Å². The first kappa shape index (κ1) is 24.4. The number of aryl methyl sites for hydroxylation is 1. The van der Waals surface area contributed by atoms with Crippen molar-refractivity contribution in [2.75, 3.05) is 18.4 Å². The molecule has 0 aliphatic heterocycles. The smallest absolute Gasteiger partial charge is 0.293 e. The lowest BCUT2D eigenvalue weighted by molar-refractivity contribution is -0.384. The summed E-state index contributed by atoms with van der Waals surface area (Å²) in [5, 5.41) is 19.4. The molecule has 0 amide bonds. The number of anilines is 1. The molecule has 2 aromatic carbocycles. The number of nitrogens with one attached hydrogen (secondary N) is 1. The van der Waals surface area contributed by atoms with Gasteiger partial charge in [0, 0.05) is 37.0 Å². The molecule has 3 aromatic rings. The number of benzene rings is 2. The van der Waals surface area contributed by atoms with Gasteiger partial charge >= 0.3 is 0 Å². The molecule has 10 heteroatoms. The van der Waals surface area contributed by atoms with Crippen molar-refractivity contribution < 1.29 is 13.3 Å². The van der Waals surface area contributed by atoms with Crippen LogP contribution in [-0.2, 0) is 23.1 Å². The van der Waals surface area contributed by atoms with Crippen molar-refractivity contribution in [3.05, 3.63) is 81.2 Å². The lowest BCUT2D eigenvalue weighted by Crippen LogP contribution is -2.30. The molecule has 0 aliphatic carbocycles. The van der Waals surface area contributed by atoms with Gasteiger partial charge in [0.25, 0.3) is 5.69 Å². The Morgan fingerprint density at radius 1 is 1.09 bits per heavy atom. The van der Waals surface area contributed by atoms with Crippen LogP contribution in [0.15, 0.2) is 53.4 Å². The van der Waals surface area contributed by atoms with E-state index in [1.54, 1.807) is 13.8 Å². The van der Waals surface area contributed by atoms with Crippen molar-refractivity contribution in [3.63, 3.8) is 0 Å². The molecule has 0 fully saturated rings. The predicted molar refractivity (Wildman–Crippen MR) is 128 cm³/mol. The maximum absolute atomic E-state index is 12.8. The average molecular weight is 472 g/mol. The van der Waals surface area contributed by atoms with Gasteiger partial charge in [0.05, 0.1) is 22.1 Å². The Kier molecular flexibility index (Phi) is 7.50. The van der Waals surface area contributed by atoms with Gasteiger partial charge in [-0.25, -0.2) is 8.42 Å². The van der Waals surface area contributed by atoms with E-state index in [2.05, 4.69) is 10.4 Å². The van der Waals surface area contributed by atoms with Crippen LogP contribution in [0.1, 0.15) is 36.4 Å². The van der Waals surface area contributed by atoms with Gasteiger partial charge in [-0.05, 0) is 31.5 Å². The Balaban J connectivity index is 1.85. The number of rotatable bonds is 10. The van der Waals surface area contributed by atoms with Crippen LogP contribution in [-0.4, -0.2) is 40.5 Å². The normalized spacial score (nSPS) is 11.7. The Bertz CT molecular complexity index is 1240. The fourth-order valence-electron chi connectivity index (χ4n) is 3.77. The standard InChI is InChI=1S/C23H29N5O4S/c1-5-26(6-2)33(31,32)20-12-13-22(23(14-20)28(29)30)24-15-21-17(3)25-27(18(21)4)16-19-10-8-7-9-11-19/h7-14,24H,5-6,15-16H2,1-4H3. The van der Waals surface area contributed by atoms with Gasteiger partial charge in [-0.15, -0.1) is 0 Å². The summed E-state index contributed by atoms with van der Waals surface area (Å²) >= 11 is 0. The Morgan fingerprint density at radius 3 is 2.36 bits per heavy atom. The maximum atomic E-state index is 12.8. The van der Waals surface area contributed by atoms with Crippen molar-refractivity contribution in [3.8, 4) is 0 Å². The lowest BCUT2D eigenvalue weighted by Gasteiger charge is -2.18. The minimum atomic E-state index is -3.79. The zero-order valence-electron chi connectivity index (χ0n) is 19.3. The van der Waals surface area contributed by atoms with Crippen LogP contribution in [0.2, 0.25) is 0 Å². The summed E-state index contributed by atoms with van der Waals surface area (Å²) in [5.41, 5.74) is 3.85. The number of nitro groups is 1. The van der Waals surface area contributed by atoms with Crippen LogP contribution < -0.4 is 5.32 Å². The number of hydrogen-bond donors (Lipinski definition) is 1. The SMILES string of the molecule is CCN(CC)S(=O)(=O)c1ccc(NCc2c(C)nn(Cc3ccccc3)c2C)c([N+](=O)[O-])c1. The fraction of sp³-hybridized carbons (Fsp3) is 0.348. The third-order valence-corrected chi connectivity index (χ3v) is 7.72. The molecule has 1 aromatic heterocycles. The van der Waals surface area contributed by atoms with Crippen LogP contribution in [0.4, 0.5) is 11.4 Å². The molecule has 3 rings (SSSR count). The minimum Gasteiger partial charge on any atom is -0.375 e. The van der Waals surface area contributed by atoms with Gasteiger partial charge in [-0.3, -0.25) is 14.8 Å². The molecule has 33 heavy (non-hydrogen) atoms. The number of hydrogen-bond acceptors (Lipinski definition) is 6. The van der Waals surface area contributed by atoms with Gasteiger partial charge in [0.15, 0.2) is 0 Å². The molecule has 0 spiro atoms. The summed E-state index contributed by atoms with van der Waals surface area (Å²) in [7, 11) is -3.79. The summed E-state index contributed by atoms with van der Waals surface area (Å²) < 4.78 is 28.7. The third kappa shape index (κ3) is 5.23. The second-order valence-electron chi connectivity index (χ2n) is 7.67. The molecule has 0 saturated carbocycles. The van der Waals surface area contributed by atoms with Crippen LogP contribution in [0, 0.1) is 24.0 Å².